The monoisotopic (exact) mass is 615 g/mol. The minimum atomic E-state index is 0.627. The minimum absolute atomic E-state index is 0.627. The molecule has 3 heterocycles. The van der Waals surface area contributed by atoms with Crippen LogP contribution in [0, 0.1) is 0 Å². The van der Waals surface area contributed by atoms with Crippen LogP contribution in [-0.4, -0.2) is 24.9 Å². The first kappa shape index (κ1) is 28.9. The van der Waals surface area contributed by atoms with Crippen LogP contribution < -0.4 is 0 Å². The van der Waals surface area contributed by atoms with Crippen molar-refractivity contribution >= 4 is 0 Å². The topological polar surface area (TPSA) is 64.5 Å². The van der Waals surface area contributed by atoms with Gasteiger partial charge in [0.15, 0.2) is 17.5 Å². The van der Waals surface area contributed by atoms with Gasteiger partial charge in [0.25, 0.3) is 0 Å². The molecule has 3 aromatic heterocycles. The molecule has 0 N–H and O–H groups in total. The summed E-state index contributed by atoms with van der Waals surface area (Å²) in [7, 11) is 0. The molecule has 5 nitrogen and oxygen atoms in total. The van der Waals surface area contributed by atoms with Gasteiger partial charge < -0.3 is 0 Å². The molecule has 5 heteroatoms. The van der Waals surface area contributed by atoms with Crippen molar-refractivity contribution in [2.75, 3.05) is 0 Å². The van der Waals surface area contributed by atoms with Gasteiger partial charge in [-0.3, -0.25) is 9.97 Å². The van der Waals surface area contributed by atoms with Crippen molar-refractivity contribution in [2.45, 2.75) is 0 Å². The normalized spacial score (nSPS) is 10.9. The van der Waals surface area contributed by atoms with E-state index in [-0.39, 0.29) is 0 Å². The largest absolute Gasteiger partial charge is 0.256 e. The van der Waals surface area contributed by atoms with Crippen LogP contribution in [0.1, 0.15) is 0 Å². The van der Waals surface area contributed by atoms with E-state index < -0.39 is 0 Å². The van der Waals surface area contributed by atoms with Crippen LogP contribution in [0.2, 0.25) is 0 Å². The minimum Gasteiger partial charge on any atom is -0.256 e. The molecule has 8 rings (SSSR count). The third kappa shape index (κ3) is 6.13. The molecule has 0 radical (unpaired) electrons. The predicted molar refractivity (Wildman–Crippen MR) is 193 cm³/mol. The standard InChI is InChI=1S/C43H29N5/c1-3-10-30(11-4-1)31-19-23-35(24-20-31)42-46-41(34-12-5-2-6-13-34)47-43(48-42)37-15-9-14-36(28-37)32-17-21-33(22-18-32)40-26-25-38(29-45-40)39-16-7-8-27-44-39/h1-29H. The first-order valence-corrected chi connectivity index (χ1v) is 15.8. The first-order chi connectivity index (χ1) is 23.8. The summed E-state index contributed by atoms with van der Waals surface area (Å²) in [6.45, 7) is 0. The van der Waals surface area contributed by atoms with Crippen LogP contribution in [-0.2, 0) is 0 Å². The summed E-state index contributed by atoms with van der Waals surface area (Å²) in [4.78, 5) is 24.0. The smallest absolute Gasteiger partial charge is 0.164 e. The third-order valence-electron chi connectivity index (χ3n) is 8.28. The number of benzene rings is 5. The lowest BCUT2D eigenvalue weighted by atomic mass is 10.00. The maximum absolute atomic E-state index is 4.98. The van der Waals surface area contributed by atoms with Gasteiger partial charge in [0.1, 0.15) is 0 Å². The molecule has 0 atom stereocenters. The highest BCUT2D eigenvalue weighted by Gasteiger charge is 2.13. The van der Waals surface area contributed by atoms with Gasteiger partial charge in [-0.1, -0.05) is 133 Å². The van der Waals surface area contributed by atoms with Gasteiger partial charge >= 0.3 is 0 Å². The van der Waals surface area contributed by atoms with Gasteiger partial charge in [0.05, 0.1) is 11.4 Å². The number of pyridine rings is 2. The zero-order valence-corrected chi connectivity index (χ0v) is 26.0. The van der Waals surface area contributed by atoms with E-state index in [0.29, 0.717) is 17.5 Å². The van der Waals surface area contributed by atoms with Crippen molar-refractivity contribution in [3.63, 3.8) is 0 Å². The quantitative estimate of drug-likeness (QED) is 0.178. The molecule has 5 aromatic carbocycles. The van der Waals surface area contributed by atoms with E-state index in [4.69, 9.17) is 19.9 Å². The molecule has 0 saturated carbocycles. The van der Waals surface area contributed by atoms with Crippen molar-refractivity contribution in [1.82, 2.24) is 24.9 Å². The van der Waals surface area contributed by atoms with Crippen LogP contribution in [0.25, 0.3) is 78.9 Å². The summed E-state index contributed by atoms with van der Waals surface area (Å²) in [5.41, 5.74) is 11.2. The molecule has 0 fully saturated rings. The maximum atomic E-state index is 4.98. The summed E-state index contributed by atoms with van der Waals surface area (Å²) in [6.07, 6.45) is 3.67. The van der Waals surface area contributed by atoms with Crippen molar-refractivity contribution < 1.29 is 0 Å². The Balaban J connectivity index is 1.11. The van der Waals surface area contributed by atoms with Crippen molar-refractivity contribution in [3.05, 3.63) is 176 Å². The van der Waals surface area contributed by atoms with E-state index >= 15 is 0 Å². The number of nitrogens with zero attached hydrogens (tertiary/aromatic N) is 5. The van der Waals surface area contributed by atoms with Crippen LogP contribution in [0.5, 0.6) is 0 Å². The number of aromatic nitrogens is 5. The Morgan fingerprint density at radius 2 is 0.729 bits per heavy atom. The molecular formula is C43H29N5. The molecule has 0 aliphatic rings. The highest BCUT2D eigenvalue weighted by molar-refractivity contribution is 5.75. The highest BCUT2D eigenvalue weighted by Crippen LogP contribution is 2.30. The fraction of sp³-hybridized carbons (Fsp3) is 0. The van der Waals surface area contributed by atoms with Gasteiger partial charge in [0.2, 0.25) is 0 Å². The number of hydrogen-bond acceptors (Lipinski definition) is 5. The summed E-state index contributed by atoms with van der Waals surface area (Å²) >= 11 is 0. The molecular weight excluding hydrogens is 587 g/mol. The van der Waals surface area contributed by atoms with Crippen molar-refractivity contribution in [1.29, 1.82) is 0 Å². The second kappa shape index (κ2) is 13.0. The molecule has 0 aliphatic carbocycles. The van der Waals surface area contributed by atoms with Crippen LogP contribution >= 0.6 is 0 Å². The Hall–Kier alpha value is -6.59. The van der Waals surface area contributed by atoms with Crippen molar-refractivity contribution in [2.24, 2.45) is 0 Å². The molecule has 0 bridgehead atoms. The average molecular weight is 616 g/mol. The second-order valence-electron chi connectivity index (χ2n) is 11.4. The Bertz CT molecular complexity index is 2290. The summed E-state index contributed by atoms with van der Waals surface area (Å²) in [5.74, 6) is 1.90. The van der Waals surface area contributed by atoms with E-state index in [1.807, 2.05) is 66.9 Å². The maximum Gasteiger partial charge on any atom is 0.164 e. The van der Waals surface area contributed by atoms with E-state index in [2.05, 4.69) is 108 Å². The summed E-state index contributed by atoms with van der Waals surface area (Å²) in [5, 5.41) is 0. The third-order valence-corrected chi connectivity index (χ3v) is 8.28. The zero-order valence-electron chi connectivity index (χ0n) is 26.0. The molecule has 0 aliphatic heterocycles. The van der Waals surface area contributed by atoms with Crippen LogP contribution in [0.3, 0.4) is 0 Å². The lowest BCUT2D eigenvalue weighted by Gasteiger charge is -2.10. The summed E-state index contributed by atoms with van der Waals surface area (Å²) < 4.78 is 0. The molecule has 0 saturated heterocycles. The fourth-order valence-corrected chi connectivity index (χ4v) is 5.71. The van der Waals surface area contributed by atoms with Crippen LogP contribution in [0.4, 0.5) is 0 Å². The van der Waals surface area contributed by atoms with Crippen molar-refractivity contribution in [3.8, 4) is 78.9 Å². The predicted octanol–water partition coefficient (Wildman–Crippen LogP) is 10.3. The van der Waals surface area contributed by atoms with E-state index in [1.165, 1.54) is 5.56 Å². The number of rotatable bonds is 7. The second-order valence-corrected chi connectivity index (χ2v) is 11.4. The Morgan fingerprint density at radius 1 is 0.271 bits per heavy atom. The van der Waals surface area contributed by atoms with E-state index in [0.717, 1.165) is 55.9 Å². The number of hydrogen-bond donors (Lipinski definition) is 0. The Labute approximate surface area is 279 Å². The molecule has 226 valence electrons. The molecule has 8 aromatic rings. The first-order valence-electron chi connectivity index (χ1n) is 15.8. The van der Waals surface area contributed by atoms with Gasteiger partial charge in [-0.2, -0.15) is 0 Å². The lowest BCUT2D eigenvalue weighted by Crippen LogP contribution is -2.00. The Morgan fingerprint density at radius 3 is 1.35 bits per heavy atom. The fourth-order valence-electron chi connectivity index (χ4n) is 5.71. The van der Waals surface area contributed by atoms with E-state index in [1.54, 1.807) is 6.20 Å². The molecule has 0 amide bonds. The molecule has 0 spiro atoms. The Kier molecular flexibility index (Phi) is 7.83. The van der Waals surface area contributed by atoms with E-state index in [9.17, 15) is 0 Å². The van der Waals surface area contributed by atoms with Gasteiger partial charge in [0, 0.05) is 40.2 Å². The lowest BCUT2D eigenvalue weighted by molar-refractivity contribution is 1.07. The van der Waals surface area contributed by atoms with Crippen LogP contribution in [0.15, 0.2) is 176 Å². The molecule has 48 heavy (non-hydrogen) atoms. The summed E-state index contributed by atoms with van der Waals surface area (Å²) in [6, 6.07) is 55.6. The van der Waals surface area contributed by atoms with Gasteiger partial charge in [-0.15, -0.1) is 0 Å². The SMILES string of the molecule is c1ccc(-c2ccc(-c3nc(-c4ccccc4)nc(-c4cccc(-c5ccc(-c6ccc(-c7ccccn7)cn6)cc5)c4)n3)cc2)cc1. The van der Waals surface area contributed by atoms with Gasteiger partial charge in [-0.25, -0.2) is 15.0 Å². The zero-order chi connectivity index (χ0) is 32.1. The molecule has 0 unspecified atom stereocenters. The average Bonchev–Trinajstić information content (AvgIpc) is 3.19. The van der Waals surface area contributed by atoms with Gasteiger partial charge in [-0.05, 0) is 52.6 Å². The highest BCUT2D eigenvalue weighted by atomic mass is 15.0.